The number of hydrogen-bond acceptors (Lipinski definition) is 4. The van der Waals surface area contributed by atoms with Crippen molar-refractivity contribution in [1.29, 1.82) is 0 Å². The third-order valence-corrected chi connectivity index (χ3v) is 6.16. The van der Waals surface area contributed by atoms with Crippen molar-refractivity contribution in [3.8, 4) is 5.75 Å². The van der Waals surface area contributed by atoms with E-state index in [9.17, 15) is 5.11 Å². The molecule has 5 heterocycles. The quantitative estimate of drug-likeness (QED) is 0.642. The van der Waals surface area contributed by atoms with Crippen molar-refractivity contribution in [2.75, 3.05) is 39.4 Å². The van der Waals surface area contributed by atoms with Gasteiger partial charge in [0, 0.05) is 5.69 Å². The average Bonchev–Trinajstić information content (AvgIpc) is 3.16. The average molecular weight is 333 g/mol. The molecule has 5 nitrogen and oxygen atoms in total. The van der Waals surface area contributed by atoms with E-state index in [-0.39, 0.29) is 5.75 Å². The number of pyridine rings is 1. The van der Waals surface area contributed by atoms with E-state index in [1.165, 1.54) is 56.3 Å². The molecule has 5 rings (SSSR count). The number of piperidine rings is 3. The first-order valence-electron chi connectivity index (χ1n) is 9.51. The first-order valence-corrected chi connectivity index (χ1v) is 9.51. The first kappa shape index (κ1) is 16.3. The molecular weight excluding hydrogens is 304 g/mol. The van der Waals surface area contributed by atoms with Crippen LogP contribution in [0.4, 0.5) is 0 Å². The van der Waals surface area contributed by atoms with Crippen LogP contribution in [0.1, 0.15) is 49.8 Å². The lowest BCUT2D eigenvalue weighted by Crippen LogP contribution is -2.58. The highest BCUT2D eigenvalue weighted by Crippen LogP contribution is 2.34. The molecule has 1 aromatic heterocycles. The lowest BCUT2D eigenvalue weighted by molar-refractivity contribution is -0.942. The summed E-state index contributed by atoms with van der Waals surface area (Å²) < 4.78 is 12.3. The minimum atomic E-state index is -0.502. The second-order valence-corrected chi connectivity index (χ2v) is 7.71. The van der Waals surface area contributed by atoms with Crippen LogP contribution in [0.5, 0.6) is 5.75 Å². The summed E-state index contributed by atoms with van der Waals surface area (Å²) >= 11 is 0. The van der Waals surface area contributed by atoms with Gasteiger partial charge in [0.1, 0.15) is 11.4 Å². The molecule has 0 unspecified atom stereocenters. The fourth-order valence-corrected chi connectivity index (χ4v) is 4.57. The van der Waals surface area contributed by atoms with Gasteiger partial charge in [-0.3, -0.25) is 0 Å². The van der Waals surface area contributed by atoms with E-state index < -0.39 is 6.29 Å². The summed E-state index contributed by atoms with van der Waals surface area (Å²) in [6.07, 6.45) is 7.23. The van der Waals surface area contributed by atoms with Crippen LogP contribution in [0.2, 0.25) is 0 Å². The second kappa shape index (κ2) is 6.98. The zero-order valence-corrected chi connectivity index (χ0v) is 14.5. The first-order chi connectivity index (χ1) is 11.7. The topological polar surface area (TPSA) is 51.6 Å². The van der Waals surface area contributed by atoms with Crippen molar-refractivity contribution in [2.45, 2.75) is 44.8 Å². The highest BCUT2D eigenvalue weighted by Gasteiger charge is 2.38. The van der Waals surface area contributed by atoms with E-state index in [1.54, 1.807) is 6.07 Å². The molecule has 0 aliphatic carbocycles. The van der Waals surface area contributed by atoms with Crippen molar-refractivity contribution < 1.29 is 19.1 Å². The summed E-state index contributed by atoms with van der Waals surface area (Å²) in [5.41, 5.74) is 1.56. The molecule has 4 aliphatic rings. The molecule has 0 spiro atoms. The Labute approximate surface area is 144 Å². The van der Waals surface area contributed by atoms with Gasteiger partial charge in [0.05, 0.1) is 39.4 Å². The maximum Gasteiger partial charge on any atom is 0.204 e. The van der Waals surface area contributed by atoms with Gasteiger partial charge >= 0.3 is 0 Å². The van der Waals surface area contributed by atoms with Gasteiger partial charge in [0.25, 0.3) is 0 Å². The molecule has 0 amide bonds. The van der Waals surface area contributed by atoms with Gasteiger partial charge in [0.15, 0.2) is 0 Å². The molecule has 0 radical (unpaired) electrons. The number of nitrogens with zero attached hydrogens (tertiary/aromatic N) is 2. The Morgan fingerprint density at radius 1 is 1.04 bits per heavy atom. The Bertz CT molecular complexity index is 550. The van der Waals surface area contributed by atoms with Gasteiger partial charge in [-0.1, -0.05) is 0 Å². The number of rotatable bonds is 6. The molecule has 5 heteroatoms. The van der Waals surface area contributed by atoms with Crippen molar-refractivity contribution in [3.63, 3.8) is 0 Å². The maximum absolute atomic E-state index is 9.98. The molecule has 4 fully saturated rings. The predicted octanol–water partition coefficient (Wildman–Crippen LogP) is 2.79. The van der Waals surface area contributed by atoms with E-state index in [2.05, 4.69) is 4.98 Å². The third-order valence-electron chi connectivity index (χ3n) is 6.16. The van der Waals surface area contributed by atoms with Gasteiger partial charge in [-0.15, -0.1) is 0 Å². The summed E-state index contributed by atoms with van der Waals surface area (Å²) in [6.45, 7) is 6.67. The molecule has 0 atom stereocenters. The standard InChI is InChI=1S/C19H28N2O3/c22-17-5-4-16(20-18(17)19-23-13-14-24-19)3-1-2-9-21-10-6-15(7-11-21)8-12-21/h4-5,15,19H,1-3,6-14H2/p+1. The van der Waals surface area contributed by atoms with Crippen LogP contribution in [0.15, 0.2) is 12.1 Å². The summed E-state index contributed by atoms with van der Waals surface area (Å²) in [6, 6.07) is 3.65. The molecule has 4 saturated heterocycles. The smallest absolute Gasteiger partial charge is 0.204 e. The number of hydrogen-bond donors (Lipinski definition) is 1. The summed E-state index contributed by atoms with van der Waals surface area (Å²) in [7, 11) is 0. The monoisotopic (exact) mass is 333 g/mol. The number of ether oxygens (including phenoxy) is 2. The van der Waals surface area contributed by atoms with E-state index in [0.717, 1.165) is 24.5 Å². The third kappa shape index (κ3) is 3.44. The Kier molecular flexibility index (Phi) is 4.74. The second-order valence-electron chi connectivity index (χ2n) is 7.71. The van der Waals surface area contributed by atoms with E-state index in [4.69, 9.17) is 9.47 Å². The van der Waals surface area contributed by atoms with Gasteiger partial charge < -0.3 is 19.1 Å². The Hall–Kier alpha value is -1.17. The largest absolute Gasteiger partial charge is 0.506 e. The highest BCUT2D eigenvalue weighted by molar-refractivity contribution is 5.29. The molecule has 0 saturated carbocycles. The van der Waals surface area contributed by atoms with Crippen LogP contribution in [-0.4, -0.2) is 54.0 Å². The summed E-state index contributed by atoms with van der Waals surface area (Å²) in [4.78, 5) is 4.58. The van der Waals surface area contributed by atoms with Crippen LogP contribution < -0.4 is 0 Å². The number of unbranched alkanes of at least 4 members (excludes halogenated alkanes) is 1. The fourth-order valence-electron chi connectivity index (χ4n) is 4.57. The summed E-state index contributed by atoms with van der Waals surface area (Å²) in [5, 5.41) is 9.98. The van der Waals surface area contributed by atoms with Crippen molar-refractivity contribution in [2.24, 2.45) is 5.92 Å². The predicted molar refractivity (Wildman–Crippen MR) is 90.6 cm³/mol. The minimum absolute atomic E-state index is 0.167. The minimum Gasteiger partial charge on any atom is -0.506 e. The zero-order valence-electron chi connectivity index (χ0n) is 14.5. The van der Waals surface area contributed by atoms with E-state index >= 15 is 0 Å². The Morgan fingerprint density at radius 3 is 2.46 bits per heavy atom. The maximum atomic E-state index is 9.98. The Morgan fingerprint density at radius 2 is 1.75 bits per heavy atom. The van der Waals surface area contributed by atoms with Crippen molar-refractivity contribution in [3.05, 3.63) is 23.5 Å². The SMILES string of the molecule is Oc1ccc(CCCC[N+]23CCC(CC2)CC3)nc1C1OCCO1. The number of quaternary nitrogens is 1. The normalized spacial score (nSPS) is 30.1. The molecule has 0 aromatic carbocycles. The van der Waals surface area contributed by atoms with Gasteiger partial charge in [0.2, 0.25) is 6.29 Å². The number of fused-ring (bicyclic) bond motifs is 3. The van der Waals surface area contributed by atoms with Gasteiger partial charge in [-0.2, -0.15) is 0 Å². The zero-order chi connectivity index (χ0) is 16.4. The number of aromatic hydroxyl groups is 1. The highest BCUT2D eigenvalue weighted by atomic mass is 16.7. The van der Waals surface area contributed by atoms with Gasteiger partial charge in [-0.25, -0.2) is 4.98 Å². The van der Waals surface area contributed by atoms with Crippen LogP contribution in [0.3, 0.4) is 0 Å². The van der Waals surface area contributed by atoms with E-state index in [1.807, 2.05) is 6.07 Å². The van der Waals surface area contributed by atoms with Gasteiger partial charge in [-0.05, 0) is 56.6 Å². The van der Waals surface area contributed by atoms with Crippen LogP contribution in [0.25, 0.3) is 0 Å². The number of aromatic nitrogens is 1. The molecular formula is C19H29N2O3+. The van der Waals surface area contributed by atoms with Crippen LogP contribution >= 0.6 is 0 Å². The van der Waals surface area contributed by atoms with E-state index in [0.29, 0.717) is 18.9 Å². The lowest BCUT2D eigenvalue weighted by atomic mass is 9.85. The molecule has 1 N–H and O–H groups in total. The Balaban J connectivity index is 1.29. The molecule has 1 aromatic rings. The lowest BCUT2D eigenvalue weighted by Gasteiger charge is -2.49. The molecule has 24 heavy (non-hydrogen) atoms. The van der Waals surface area contributed by atoms with Crippen molar-refractivity contribution >= 4 is 0 Å². The van der Waals surface area contributed by atoms with Crippen molar-refractivity contribution in [1.82, 2.24) is 4.98 Å². The summed E-state index contributed by atoms with van der Waals surface area (Å²) in [5.74, 6) is 1.20. The molecule has 132 valence electrons. The van der Waals surface area contributed by atoms with Crippen LogP contribution in [0, 0.1) is 5.92 Å². The number of aryl methyl sites for hydroxylation is 1. The van der Waals surface area contributed by atoms with Crippen LogP contribution in [-0.2, 0) is 15.9 Å². The molecule has 4 aliphatic heterocycles. The molecule has 2 bridgehead atoms. The fraction of sp³-hybridized carbons (Fsp3) is 0.737.